The lowest BCUT2D eigenvalue weighted by atomic mass is 10.1. The van der Waals surface area contributed by atoms with Gasteiger partial charge in [-0.2, -0.15) is 0 Å². The molecule has 0 spiro atoms. The van der Waals surface area contributed by atoms with E-state index in [0.717, 1.165) is 11.1 Å². The lowest BCUT2D eigenvalue weighted by Crippen LogP contribution is -2.28. The topological polar surface area (TPSA) is 42.0 Å². The molecular weight excluding hydrogens is 323 g/mol. The quantitative estimate of drug-likeness (QED) is 0.929. The van der Waals surface area contributed by atoms with Crippen LogP contribution in [0.2, 0.25) is 0 Å². The molecular formula is C15H14BrFN2O. The molecule has 0 fully saturated rings. The second-order valence-corrected chi connectivity index (χ2v) is 5.34. The van der Waals surface area contributed by atoms with Crippen LogP contribution in [-0.2, 0) is 11.2 Å². The number of rotatable bonds is 4. The highest BCUT2D eigenvalue weighted by Gasteiger charge is 2.12. The molecule has 1 aromatic carbocycles. The molecule has 1 unspecified atom stereocenters. The van der Waals surface area contributed by atoms with Gasteiger partial charge in [-0.15, -0.1) is 0 Å². The highest BCUT2D eigenvalue weighted by molar-refractivity contribution is 9.10. The van der Waals surface area contributed by atoms with E-state index in [1.54, 1.807) is 18.5 Å². The van der Waals surface area contributed by atoms with Crippen LogP contribution in [-0.4, -0.2) is 10.9 Å². The smallest absolute Gasteiger partial charge is 0.224 e. The number of nitrogens with one attached hydrogen (secondary N) is 1. The fourth-order valence-electron chi connectivity index (χ4n) is 1.85. The van der Waals surface area contributed by atoms with Crippen molar-refractivity contribution in [2.24, 2.45) is 0 Å². The standard InChI is InChI=1S/C15H14BrFN2O/c1-10(12-3-2-6-18-9-12)19-15(20)7-11-4-5-13(17)8-14(11)16/h2-6,8-10H,7H2,1H3,(H,19,20). The lowest BCUT2D eigenvalue weighted by Gasteiger charge is -2.14. The molecule has 2 rings (SSSR count). The second-order valence-electron chi connectivity index (χ2n) is 4.49. The second kappa shape index (κ2) is 6.61. The zero-order chi connectivity index (χ0) is 14.5. The summed E-state index contributed by atoms with van der Waals surface area (Å²) in [5.41, 5.74) is 1.70. The maximum atomic E-state index is 13.0. The van der Waals surface area contributed by atoms with Crippen molar-refractivity contribution in [1.82, 2.24) is 10.3 Å². The monoisotopic (exact) mass is 336 g/mol. The van der Waals surface area contributed by atoms with Gasteiger partial charge in [-0.25, -0.2) is 4.39 Å². The Bertz CT molecular complexity index is 604. The molecule has 1 heterocycles. The average Bonchev–Trinajstić information content (AvgIpc) is 2.43. The molecule has 0 aliphatic heterocycles. The van der Waals surface area contributed by atoms with Gasteiger partial charge in [0.25, 0.3) is 0 Å². The molecule has 0 bridgehead atoms. The van der Waals surface area contributed by atoms with Crippen LogP contribution in [0.5, 0.6) is 0 Å². The summed E-state index contributed by atoms with van der Waals surface area (Å²) < 4.78 is 13.6. The molecule has 0 saturated carbocycles. The predicted octanol–water partition coefficient (Wildman–Crippen LogP) is 3.40. The van der Waals surface area contributed by atoms with Crippen LogP contribution in [0.25, 0.3) is 0 Å². The summed E-state index contributed by atoms with van der Waals surface area (Å²) in [7, 11) is 0. The molecule has 0 saturated heterocycles. The summed E-state index contributed by atoms with van der Waals surface area (Å²) in [6, 6.07) is 7.93. The molecule has 1 aromatic heterocycles. The molecule has 1 N–H and O–H groups in total. The Morgan fingerprint density at radius 1 is 1.45 bits per heavy atom. The molecule has 2 aromatic rings. The van der Waals surface area contributed by atoms with Gasteiger partial charge in [0.05, 0.1) is 12.5 Å². The first kappa shape index (κ1) is 14.7. The van der Waals surface area contributed by atoms with Crippen molar-refractivity contribution in [3.8, 4) is 0 Å². The van der Waals surface area contributed by atoms with Crippen molar-refractivity contribution >= 4 is 21.8 Å². The average molecular weight is 337 g/mol. The molecule has 5 heteroatoms. The molecule has 0 radical (unpaired) electrons. The minimum Gasteiger partial charge on any atom is -0.349 e. The normalized spacial score (nSPS) is 11.9. The number of carbonyl (C=O) groups excluding carboxylic acids is 1. The first-order chi connectivity index (χ1) is 9.56. The maximum Gasteiger partial charge on any atom is 0.224 e. The summed E-state index contributed by atoms with van der Waals surface area (Å²) in [6.45, 7) is 1.90. The lowest BCUT2D eigenvalue weighted by molar-refractivity contribution is -0.121. The molecule has 20 heavy (non-hydrogen) atoms. The van der Waals surface area contributed by atoms with E-state index in [9.17, 15) is 9.18 Å². The van der Waals surface area contributed by atoms with E-state index in [2.05, 4.69) is 26.2 Å². The van der Waals surface area contributed by atoms with Crippen LogP contribution in [0, 0.1) is 5.82 Å². The number of hydrogen-bond acceptors (Lipinski definition) is 2. The number of hydrogen-bond donors (Lipinski definition) is 1. The fourth-order valence-corrected chi connectivity index (χ4v) is 2.34. The van der Waals surface area contributed by atoms with Gasteiger partial charge in [0.15, 0.2) is 0 Å². The molecule has 0 aliphatic carbocycles. The van der Waals surface area contributed by atoms with Crippen molar-refractivity contribution in [2.45, 2.75) is 19.4 Å². The summed E-state index contributed by atoms with van der Waals surface area (Å²) in [5.74, 6) is -0.446. The Morgan fingerprint density at radius 2 is 2.25 bits per heavy atom. The van der Waals surface area contributed by atoms with Crippen LogP contribution < -0.4 is 5.32 Å². The van der Waals surface area contributed by atoms with Crippen LogP contribution in [0.1, 0.15) is 24.1 Å². The number of carbonyl (C=O) groups is 1. The summed E-state index contributed by atoms with van der Waals surface area (Å²) in [6.07, 6.45) is 3.61. The largest absolute Gasteiger partial charge is 0.349 e. The van der Waals surface area contributed by atoms with Gasteiger partial charge in [0, 0.05) is 16.9 Å². The van der Waals surface area contributed by atoms with E-state index in [0.29, 0.717) is 4.47 Å². The van der Waals surface area contributed by atoms with E-state index in [1.807, 2.05) is 19.1 Å². The Labute approximate surface area is 125 Å². The highest BCUT2D eigenvalue weighted by Crippen LogP contribution is 2.19. The zero-order valence-electron chi connectivity index (χ0n) is 10.9. The van der Waals surface area contributed by atoms with E-state index in [-0.39, 0.29) is 24.2 Å². The van der Waals surface area contributed by atoms with Crippen molar-refractivity contribution in [2.75, 3.05) is 0 Å². The van der Waals surface area contributed by atoms with Crippen molar-refractivity contribution in [1.29, 1.82) is 0 Å². The van der Waals surface area contributed by atoms with E-state index >= 15 is 0 Å². The van der Waals surface area contributed by atoms with Crippen LogP contribution in [0.4, 0.5) is 4.39 Å². The molecule has 1 atom stereocenters. The van der Waals surface area contributed by atoms with Crippen molar-refractivity contribution < 1.29 is 9.18 Å². The number of benzene rings is 1. The molecule has 0 aliphatic rings. The van der Waals surface area contributed by atoms with Crippen LogP contribution in [0.3, 0.4) is 0 Å². The van der Waals surface area contributed by atoms with Gasteiger partial charge < -0.3 is 5.32 Å². The number of pyridine rings is 1. The summed E-state index contributed by atoms with van der Waals surface area (Å²) in [4.78, 5) is 16.0. The Hall–Kier alpha value is -1.75. The third kappa shape index (κ3) is 3.87. The number of halogens is 2. The third-order valence-corrected chi connectivity index (χ3v) is 3.67. The molecule has 3 nitrogen and oxygen atoms in total. The predicted molar refractivity (Wildman–Crippen MR) is 78.6 cm³/mol. The van der Waals surface area contributed by atoms with Gasteiger partial charge in [-0.05, 0) is 36.2 Å². The Morgan fingerprint density at radius 3 is 2.90 bits per heavy atom. The van der Waals surface area contributed by atoms with Crippen molar-refractivity contribution in [3.63, 3.8) is 0 Å². The first-order valence-electron chi connectivity index (χ1n) is 6.19. The van der Waals surface area contributed by atoms with Gasteiger partial charge >= 0.3 is 0 Å². The minimum atomic E-state index is -0.329. The molecule has 104 valence electrons. The highest BCUT2D eigenvalue weighted by atomic mass is 79.9. The maximum absolute atomic E-state index is 13.0. The third-order valence-electron chi connectivity index (χ3n) is 2.93. The Balaban J connectivity index is 1.99. The van der Waals surface area contributed by atoms with E-state index in [1.165, 1.54) is 12.1 Å². The molecule has 1 amide bonds. The summed E-state index contributed by atoms with van der Waals surface area (Å²) in [5, 5.41) is 2.89. The van der Waals surface area contributed by atoms with E-state index < -0.39 is 0 Å². The number of aromatic nitrogens is 1. The van der Waals surface area contributed by atoms with Gasteiger partial charge in [-0.3, -0.25) is 9.78 Å². The number of amides is 1. The first-order valence-corrected chi connectivity index (χ1v) is 6.99. The van der Waals surface area contributed by atoms with Gasteiger partial charge in [0.2, 0.25) is 5.91 Å². The van der Waals surface area contributed by atoms with Crippen LogP contribution >= 0.6 is 15.9 Å². The summed E-state index contributed by atoms with van der Waals surface area (Å²) >= 11 is 3.26. The van der Waals surface area contributed by atoms with E-state index in [4.69, 9.17) is 0 Å². The van der Waals surface area contributed by atoms with Gasteiger partial charge in [-0.1, -0.05) is 28.1 Å². The van der Waals surface area contributed by atoms with Crippen molar-refractivity contribution in [3.05, 3.63) is 64.1 Å². The Kier molecular flexibility index (Phi) is 4.84. The zero-order valence-corrected chi connectivity index (χ0v) is 12.5. The number of nitrogens with zero attached hydrogens (tertiary/aromatic N) is 1. The fraction of sp³-hybridized carbons (Fsp3) is 0.200. The minimum absolute atomic E-state index is 0.115. The van der Waals surface area contributed by atoms with Gasteiger partial charge in [0.1, 0.15) is 5.82 Å². The van der Waals surface area contributed by atoms with Crippen LogP contribution in [0.15, 0.2) is 47.2 Å². The SMILES string of the molecule is CC(NC(=O)Cc1ccc(F)cc1Br)c1cccnc1.